The summed E-state index contributed by atoms with van der Waals surface area (Å²) in [5.41, 5.74) is 0.407. The number of hydrogen-bond acceptors (Lipinski definition) is 2. The molecule has 0 fully saturated rings. The van der Waals surface area contributed by atoms with Crippen LogP contribution in [0.25, 0.3) is 16.9 Å². The lowest BCUT2D eigenvalue weighted by Crippen LogP contribution is -2.05. The third kappa shape index (κ3) is 2.24. The third-order valence-corrected chi connectivity index (χ3v) is 3.35. The lowest BCUT2D eigenvalue weighted by atomic mass is 10.2. The van der Waals surface area contributed by atoms with Gasteiger partial charge in [-0.2, -0.15) is 0 Å². The monoisotopic (exact) mass is 331 g/mol. The van der Waals surface area contributed by atoms with Crippen molar-refractivity contribution in [3.63, 3.8) is 0 Å². The molecule has 0 aliphatic rings. The van der Waals surface area contributed by atoms with Crippen molar-refractivity contribution in [1.82, 2.24) is 14.5 Å². The molecule has 3 rings (SSSR count). The van der Waals surface area contributed by atoms with Crippen LogP contribution in [0.15, 0.2) is 24.4 Å². The van der Waals surface area contributed by atoms with Crippen LogP contribution in [0.3, 0.4) is 0 Å². The summed E-state index contributed by atoms with van der Waals surface area (Å²) in [5, 5.41) is 0.346. The summed E-state index contributed by atoms with van der Waals surface area (Å²) >= 11 is 11.6. The summed E-state index contributed by atoms with van der Waals surface area (Å²) in [6.07, 6.45) is 1.35. The Hall–Kier alpha value is -1.79. The first-order valence-corrected chi connectivity index (χ1v) is 6.67. The number of hydrogen-bond donors (Lipinski definition) is 0. The van der Waals surface area contributed by atoms with Gasteiger partial charge in [0.1, 0.15) is 11.3 Å². The summed E-state index contributed by atoms with van der Waals surface area (Å²) in [5.74, 6) is -4.00. The van der Waals surface area contributed by atoms with Gasteiger partial charge in [-0.25, -0.2) is 23.1 Å². The number of aromatic nitrogens is 3. The molecule has 8 heteroatoms. The van der Waals surface area contributed by atoms with Crippen molar-refractivity contribution >= 4 is 34.4 Å². The van der Waals surface area contributed by atoms with Crippen molar-refractivity contribution in [2.75, 3.05) is 0 Å². The minimum absolute atomic E-state index is 0.0631. The first-order valence-electron chi connectivity index (χ1n) is 5.75. The van der Waals surface area contributed by atoms with E-state index in [-0.39, 0.29) is 23.0 Å². The predicted octanol–water partition coefficient (Wildman–Crippen LogP) is 4.23. The second kappa shape index (κ2) is 5.20. The van der Waals surface area contributed by atoms with Gasteiger partial charge < -0.3 is 0 Å². The molecule has 0 unspecified atom stereocenters. The van der Waals surface area contributed by atoms with Crippen molar-refractivity contribution in [3.8, 4) is 5.69 Å². The molecule has 21 heavy (non-hydrogen) atoms. The molecule has 0 spiro atoms. The zero-order valence-electron chi connectivity index (χ0n) is 10.2. The van der Waals surface area contributed by atoms with Gasteiger partial charge in [-0.05, 0) is 18.2 Å². The smallest absolute Gasteiger partial charge is 0.196 e. The van der Waals surface area contributed by atoms with E-state index in [2.05, 4.69) is 9.97 Å². The number of alkyl halides is 1. The minimum atomic E-state index is -1.57. The summed E-state index contributed by atoms with van der Waals surface area (Å²) in [7, 11) is 0. The number of rotatable bonds is 2. The van der Waals surface area contributed by atoms with Crippen LogP contribution >= 0.6 is 23.2 Å². The fourth-order valence-corrected chi connectivity index (χ4v) is 2.35. The Morgan fingerprint density at radius 2 is 1.90 bits per heavy atom. The van der Waals surface area contributed by atoms with Crippen LogP contribution < -0.4 is 0 Å². The molecule has 0 atom stereocenters. The standard InChI is InChI=1S/C13H6Cl2F3N3/c14-4-10-20-8-3-6(15)5-19-13(8)21(10)9-2-1-7(16)11(17)12(9)18/h1-3,5H,4H2. The average molecular weight is 332 g/mol. The Balaban J connectivity index is 2.36. The van der Waals surface area contributed by atoms with Crippen LogP contribution in [-0.4, -0.2) is 14.5 Å². The Bertz CT molecular complexity index is 848. The fourth-order valence-electron chi connectivity index (χ4n) is 2.02. The van der Waals surface area contributed by atoms with E-state index in [1.807, 2.05) is 0 Å². The van der Waals surface area contributed by atoms with Gasteiger partial charge in [-0.15, -0.1) is 11.6 Å². The number of nitrogens with zero attached hydrogens (tertiary/aromatic N) is 3. The van der Waals surface area contributed by atoms with E-state index in [0.717, 1.165) is 12.1 Å². The van der Waals surface area contributed by atoms with Crippen molar-refractivity contribution in [2.45, 2.75) is 5.88 Å². The summed E-state index contributed by atoms with van der Waals surface area (Å²) < 4.78 is 41.7. The highest BCUT2D eigenvalue weighted by Crippen LogP contribution is 2.26. The number of benzene rings is 1. The molecule has 1 aromatic carbocycles. The van der Waals surface area contributed by atoms with Gasteiger partial charge in [0.2, 0.25) is 0 Å². The quantitative estimate of drug-likeness (QED) is 0.519. The van der Waals surface area contributed by atoms with E-state index < -0.39 is 17.5 Å². The average Bonchev–Trinajstić information content (AvgIpc) is 2.82. The minimum Gasteiger partial charge on any atom is -0.277 e. The van der Waals surface area contributed by atoms with Crippen LogP contribution in [0.2, 0.25) is 5.02 Å². The van der Waals surface area contributed by atoms with E-state index >= 15 is 0 Å². The molecule has 0 saturated heterocycles. The predicted molar refractivity (Wildman–Crippen MR) is 73.3 cm³/mol. The lowest BCUT2D eigenvalue weighted by Gasteiger charge is -2.09. The first kappa shape index (κ1) is 14.2. The molecule has 0 bridgehead atoms. The topological polar surface area (TPSA) is 30.7 Å². The zero-order valence-corrected chi connectivity index (χ0v) is 11.8. The Kier molecular flexibility index (Phi) is 3.51. The first-order chi connectivity index (χ1) is 10.0. The zero-order chi connectivity index (χ0) is 15.1. The van der Waals surface area contributed by atoms with Gasteiger partial charge in [-0.3, -0.25) is 4.57 Å². The largest absolute Gasteiger partial charge is 0.277 e. The molecule has 0 saturated carbocycles. The van der Waals surface area contributed by atoms with Gasteiger partial charge in [0, 0.05) is 6.20 Å². The fraction of sp³-hybridized carbons (Fsp3) is 0.0769. The van der Waals surface area contributed by atoms with E-state index in [4.69, 9.17) is 23.2 Å². The van der Waals surface area contributed by atoms with Gasteiger partial charge in [0.15, 0.2) is 23.1 Å². The normalized spacial score (nSPS) is 11.3. The number of pyridine rings is 1. The van der Waals surface area contributed by atoms with E-state index in [1.165, 1.54) is 16.8 Å². The molecular weight excluding hydrogens is 326 g/mol. The maximum Gasteiger partial charge on any atom is 0.196 e. The Morgan fingerprint density at radius 1 is 1.14 bits per heavy atom. The number of imidazole rings is 1. The van der Waals surface area contributed by atoms with Crippen molar-refractivity contribution in [3.05, 3.63) is 52.7 Å². The highest BCUT2D eigenvalue weighted by Gasteiger charge is 2.20. The van der Waals surface area contributed by atoms with Crippen LogP contribution in [0.5, 0.6) is 0 Å². The van der Waals surface area contributed by atoms with Crippen LogP contribution in [0, 0.1) is 17.5 Å². The molecule has 108 valence electrons. The van der Waals surface area contributed by atoms with Gasteiger partial charge in [0.25, 0.3) is 0 Å². The van der Waals surface area contributed by atoms with E-state index in [9.17, 15) is 13.2 Å². The Labute approximate surface area is 126 Å². The third-order valence-electron chi connectivity index (χ3n) is 2.91. The molecule has 3 nitrogen and oxygen atoms in total. The molecular formula is C13H6Cl2F3N3. The molecule has 2 aromatic heterocycles. The summed E-state index contributed by atoms with van der Waals surface area (Å²) in [4.78, 5) is 8.21. The van der Waals surface area contributed by atoms with Crippen molar-refractivity contribution in [1.29, 1.82) is 0 Å². The molecule has 0 amide bonds. The number of fused-ring (bicyclic) bond motifs is 1. The van der Waals surface area contributed by atoms with E-state index in [1.54, 1.807) is 0 Å². The van der Waals surface area contributed by atoms with Crippen molar-refractivity contribution < 1.29 is 13.2 Å². The molecule has 0 aliphatic carbocycles. The molecule has 0 N–H and O–H groups in total. The van der Waals surface area contributed by atoms with Crippen molar-refractivity contribution in [2.24, 2.45) is 0 Å². The molecule has 2 heterocycles. The highest BCUT2D eigenvalue weighted by atomic mass is 35.5. The maximum atomic E-state index is 14.0. The van der Waals surface area contributed by atoms with E-state index in [0.29, 0.717) is 10.5 Å². The van der Waals surface area contributed by atoms with Crippen LogP contribution in [0.4, 0.5) is 13.2 Å². The highest BCUT2D eigenvalue weighted by molar-refractivity contribution is 6.31. The molecule has 0 radical (unpaired) electrons. The lowest BCUT2D eigenvalue weighted by molar-refractivity contribution is 0.444. The maximum absolute atomic E-state index is 14.0. The molecule has 0 aliphatic heterocycles. The van der Waals surface area contributed by atoms with Crippen LogP contribution in [0.1, 0.15) is 5.82 Å². The van der Waals surface area contributed by atoms with Crippen LogP contribution in [-0.2, 0) is 5.88 Å². The second-order valence-electron chi connectivity index (χ2n) is 4.19. The number of halogens is 5. The second-order valence-corrected chi connectivity index (χ2v) is 4.89. The Morgan fingerprint density at radius 3 is 2.62 bits per heavy atom. The van der Waals surface area contributed by atoms with Gasteiger partial charge in [-0.1, -0.05) is 11.6 Å². The molecule has 3 aromatic rings. The van der Waals surface area contributed by atoms with Gasteiger partial charge >= 0.3 is 0 Å². The SMILES string of the molecule is Fc1ccc(-n2c(CCl)nc3cc(Cl)cnc32)c(F)c1F. The summed E-state index contributed by atoms with van der Waals surface area (Å²) in [6.45, 7) is 0. The summed E-state index contributed by atoms with van der Waals surface area (Å²) in [6, 6.07) is 3.45. The van der Waals surface area contributed by atoms with Gasteiger partial charge in [0.05, 0.1) is 16.6 Å².